The number of nitrogens with zero attached hydrogens (tertiary/aromatic N) is 2. The summed E-state index contributed by atoms with van der Waals surface area (Å²) in [6, 6.07) is 14.8. The predicted molar refractivity (Wildman–Crippen MR) is 104 cm³/mol. The highest BCUT2D eigenvalue weighted by molar-refractivity contribution is 7.16. The second-order valence-electron chi connectivity index (χ2n) is 5.67. The van der Waals surface area contributed by atoms with Gasteiger partial charge in [0.25, 0.3) is 11.8 Å². The van der Waals surface area contributed by atoms with Gasteiger partial charge in [-0.25, -0.2) is 5.43 Å². The summed E-state index contributed by atoms with van der Waals surface area (Å²) in [7, 11) is 1.89. The van der Waals surface area contributed by atoms with E-state index in [0.29, 0.717) is 22.7 Å². The third-order valence-electron chi connectivity index (χ3n) is 3.83. The monoisotopic (exact) mass is 384 g/mol. The van der Waals surface area contributed by atoms with Gasteiger partial charge in [-0.1, -0.05) is 35.6 Å². The Kier molecular flexibility index (Phi) is 5.87. The van der Waals surface area contributed by atoms with Crippen LogP contribution in [0, 0.1) is 0 Å². The molecule has 1 heterocycles. The topological polar surface area (TPSA) is 84.7 Å². The van der Waals surface area contributed by atoms with E-state index in [1.54, 1.807) is 24.3 Å². The minimum Gasteiger partial charge on any atom is -0.493 e. The summed E-state index contributed by atoms with van der Waals surface area (Å²) in [4.78, 5) is 25.0. The minimum absolute atomic E-state index is 0.183. The zero-order valence-corrected chi connectivity index (χ0v) is 15.9. The van der Waals surface area contributed by atoms with E-state index in [4.69, 9.17) is 4.74 Å². The van der Waals surface area contributed by atoms with Crippen LogP contribution in [-0.2, 0) is 11.8 Å². The molecule has 0 saturated heterocycles. The van der Waals surface area contributed by atoms with Gasteiger partial charge in [0, 0.05) is 7.05 Å². The number of fused-ring (bicyclic) bond motifs is 1. The van der Waals surface area contributed by atoms with Crippen molar-refractivity contribution < 1.29 is 14.3 Å². The van der Waals surface area contributed by atoms with Crippen molar-refractivity contribution in [2.75, 3.05) is 13.2 Å². The molecular weight excluding hydrogens is 364 g/mol. The summed E-state index contributed by atoms with van der Waals surface area (Å²) < 4.78 is 8.41. The van der Waals surface area contributed by atoms with Crippen LogP contribution in [0.4, 0.5) is 0 Å². The molecule has 0 fully saturated rings. The highest BCUT2D eigenvalue weighted by Gasteiger charge is 2.12. The Hall–Kier alpha value is -3.13. The van der Waals surface area contributed by atoms with Crippen LogP contribution in [-0.4, -0.2) is 29.5 Å². The molecule has 0 unspecified atom stereocenters. The van der Waals surface area contributed by atoms with Gasteiger partial charge in [0.2, 0.25) is 4.80 Å². The van der Waals surface area contributed by atoms with E-state index in [9.17, 15) is 9.59 Å². The molecule has 0 radical (unpaired) electrons. The first-order valence-electron chi connectivity index (χ1n) is 8.47. The van der Waals surface area contributed by atoms with Crippen molar-refractivity contribution in [2.24, 2.45) is 12.1 Å². The molecule has 2 aromatic carbocycles. The highest BCUT2D eigenvalue weighted by Crippen LogP contribution is 2.17. The zero-order chi connectivity index (χ0) is 19.2. The second kappa shape index (κ2) is 8.50. The Balaban J connectivity index is 1.63. The summed E-state index contributed by atoms with van der Waals surface area (Å²) in [5, 5.41) is 6.73. The normalized spacial score (nSPS) is 11.4. The van der Waals surface area contributed by atoms with Gasteiger partial charge in [0.1, 0.15) is 5.75 Å². The molecule has 3 aromatic rings. The number of para-hydroxylation sites is 2. The number of thiazole rings is 1. The summed E-state index contributed by atoms with van der Waals surface area (Å²) in [5.74, 6) is -0.295. The fourth-order valence-corrected chi connectivity index (χ4v) is 3.51. The lowest BCUT2D eigenvalue weighted by atomic mass is 10.2. The quantitative estimate of drug-likeness (QED) is 0.638. The number of nitrogens with one attached hydrogen (secondary N) is 2. The van der Waals surface area contributed by atoms with Gasteiger partial charge in [-0.05, 0) is 31.2 Å². The average Bonchev–Trinajstić information content (AvgIpc) is 3.01. The Labute approximate surface area is 160 Å². The van der Waals surface area contributed by atoms with Gasteiger partial charge in [0.05, 0.1) is 28.9 Å². The van der Waals surface area contributed by atoms with Crippen molar-refractivity contribution in [3.63, 3.8) is 0 Å². The standard InChI is InChI=1S/C19H20N4O3S/c1-3-26-15-10-6-4-8-13(15)18(25)20-12-17(24)21-22-19-23(2)14-9-5-7-11-16(14)27-19/h4-11H,3,12H2,1-2H3,(H,20,25)(H,21,24)/b22-19-. The van der Waals surface area contributed by atoms with Crippen LogP contribution < -0.4 is 20.3 Å². The average molecular weight is 384 g/mol. The van der Waals surface area contributed by atoms with Gasteiger partial charge in [0.15, 0.2) is 0 Å². The van der Waals surface area contributed by atoms with E-state index in [1.807, 2.05) is 42.8 Å². The summed E-state index contributed by atoms with van der Waals surface area (Å²) in [5.41, 5.74) is 3.90. The van der Waals surface area contributed by atoms with Crippen LogP contribution in [0.5, 0.6) is 5.75 Å². The molecule has 0 bridgehead atoms. The van der Waals surface area contributed by atoms with Gasteiger partial charge >= 0.3 is 0 Å². The summed E-state index contributed by atoms with van der Waals surface area (Å²) in [6.07, 6.45) is 0. The number of rotatable bonds is 6. The number of aryl methyl sites for hydroxylation is 1. The Morgan fingerprint density at radius 2 is 1.89 bits per heavy atom. The lowest BCUT2D eigenvalue weighted by molar-refractivity contribution is -0.120. The number of hydrogen-bond acceptors (Lipinski definition) is 5. The summed E-state index contributed by atoms with van der Waals surface area (Å²) >= 11 is 1.47. The molecule has 0 spiro atoms. The molecule has 2 N–H and O–H groups in total. The van der Waals surface area contributed by atoms with E-state index < -0.39 is 5.91 Å². The fraction of sp³-hybridized carbons (Fsp3) is 0.211. The lowest BCUT2D eigenvalue weighted by Crippen LogP contribution is -2.36. The molecule has 0 aliphatic heterocycles. The SMILES string of the molecule is CCOc1ccccc1C(=O)NCC(=O)N/N=c1\sc2ccccc2n1C. The van der Waals surface area contributed by atoms with Crippen LogP contribution >= 0.6 is 11.3 Å². The molecule has 0 aliphatic carbocycles. The molecule has 2 amide bonds. The molecule has 7 nitrogen and oxygen atoms in total. The number of carbonyl (C=O) groups excluding carboxylic acids is 2. The van der Waals surface area contributed by atoms with Gasteiger partial charge in [-0.15, -0.1) is 5.10 Å². The van der Waals surface area contributed by atoms with E-state index in [-0.39, 0.29) is 12.5 Å². The maximum absolute atomic E-state index is 12.3. The van der Waals surface area contributed by atoms with E-state index in [2.05, 4.69) is 15.8 Å². The van der Waals surface area contributed by atoms with Crippen LogP contribution in [0.25, 0.3) is 10.2 Å². The molecular formula is C19H20N4O3S. The van der Waals surface area contributed by atoms with Crippen molar-refractivity contribution in [3.05, 3.63) is 58.9 Å². The van der Waals surface area contributed by atoms with Crippen LogP contribution in [0.2, 0.25) is 0 Å². The van der Waals surface area contributed by atoms with E-state index in [1.165, 1.54) is 11.3 Å². The van der Waals surface area contributed by atoms with Crippen LogP contribution in [0.1, 0.15) is 17.3 Å². The van der Waals surface area contributed by atoms with Gasteiger partial charge in [-0.2, -0.15) is 0 Å². The van der Waals surface area contributed by atoms with Crippen LogP contribution in [0.15, 0.2) is 53.6 Å². The molecule has 27 heavy (non-hydrogen) atoms. The van der Waals surface area contributed by atoms with Crippen molar-refractivity contribution >= 4 is 33.4 Å². The number of amides is 2. The largest absolute Gasteiger partial charge is 0.493 e. The van der Waals surface area contributed by atoms with Crippen molar-refractivity contribution in [1.82, 2.24) is 15.3 Å². The molecule has 0 saturated carbocycles. The molecule has 3 rings (SSSR count). The van der Waals surface area contributed by atoms with E-state index >= 15 is 0 Å². The maximum atomic E-state index is 12.3. The number of hydrogen-bond donors (Lipinski definition) is 2. The predicted octanol–water partition coefficient (Wildman–Crippen LogP) is 2.00. The zero-order valence-electron chi connectivity index (χ0n) is 15.1. The maximum Gasteiger partial charge on any atom is 0.259 e. The number of aromatic nitrogens is 1. The Morgan fingerprint density at radius 1 is 1.15 bits per heavy atom. The first kappa shape index (κ1) is 18.7. The molecule has 0 aliphatic rings. The van der Waals surface area contributed by atoms with E-state index in [0.717, 1.165) is 10.2 Å². The van der Waals surface area contributed by atoms with Crippen molar-refractivity contribution in [3.8, 4) is 5.75 Å². The third-order valence-corrected chi connectivity index (χ3v) is 4.94. The third kappa shape index (κ3) is 4.35. The number of benzene rings is 2. The van der Waals surface area contributed by atoms with Crippen molar-refractivity contribution in [1.29, 1.82) is 0 Å². The van der Waals surface area contributed by atoms with Crippen LogP contribution in [0.3, 0.4) is 0 Å². The minimum atomic E-state index is -0.408. The second-order valence-corrected chi connectivity index (χ2v) is 6.68. The summed E-state index contributed by atoms with van der Waals surface area (Å²) in [6.45, 7) is 2.12. The Morgan fingerprint density at radius 3 is 2.67 bits per heavy atom. The molecule has 8 heteroatoms. The molecule has 0 atom stereocenters. The highest BCUT2D eigenvalue weighted by atomic mass is 32.1. The first-order chi connectivity index (χ1) is 13.1. The molecule has 140 valence electrons. The van der Waals surface area contributed by atoms with Gasteiger partial charge in [-0.3, -0.25) is 9.59 Å². The number of ether oxygens (including phenoxy) is 1. The van der Waals surface area contributed by atoms with Gasteiger partial charge < -0.3 is 14.6 Å². The Bertz CT molecular complexity index is 1040. The number of carbonyl (C=O) groups is 2. The molecule has 1 aromatic heterocycles. The lowest BCUT2D eigenvalue weighted by Gasteiger charge is -2.09. The fourth-order valence-electron chi connectivity index (χ4n) is 2.53. The first-order valence-corrected chi connectivity index (χ1v) is 9.29. The smallest absolute Gasteiger partial charge is 0.259 e. The van der Waals surface area contributed by atoms with Crippen molar-refractivity contribution in [2.45, 2.75) is 6.92 Å².